The van der Waals surface area contributed by atoms with E-state index in [0.29, 0.717) is 5.56 Å². The first-order valence-electron chi connectivity index (χ1n) is 7.60. The Labute approximate surface area is 128 Å². The van der Waals surface area contributed by atoms with Crippen LogP contribution in [0.4, 0.5) is 0 Å². The van der Waals surface area contributed by atoms with Gasteiger partial charge in [0.05, 0.1) is 11.6 Å². The van der Waals surface area contributed by atoms with Crippen LogP contribution in [0.15, 0.2) is 17.4 Å². The predicted octanol–water partition coefficient (Wildman–Crippen LogP) is 2.80. The van der Waals surface area contributed by atoms with Gasteiger partial charge in [-0.25, -0.2) is 5.10 Å². The Kier molecular flexibility index (Phi) is 3.51. The average Bonchev–Trinajstić information content (AvgIpc) is 2.38. The van der Waals surface area contributed by atoms with E-state index in [-0.39, 0.29) is 22.8 Å². The maximum absolute atomic E-state index is 11.9. The number of carbonyl (C=O) groups is 1. The van der Waals surface area contributed by atoms with Gasteiger partial charge in [-0.2, -0.15) is 5.10 Å². The lowest BCUT2D eigenvalue weighted by Crippen LogP contribution is -2.49. The number of nitrogens with one attached hydrogen (secondary N) is 1. The molecule has 0 bridgehead atoms. The third kappa shape index (κ3) is 2.21. The first kappa shape index (κ1) is 14.8. The molecular weight excluding hydrogens is 280 g/mol. The molecule has 5 nitrogen and oxygen atoms in total. The summed E-state index contributed by atoms with van der Waals surface area (Å²) in [6, 6.07) is 0. The molecule has 0 amide bonds. The highest BCUT2D eigenvalue weighted by atomic mass is 16.4. The second kappa shape index (κ2) is 5.23. The van der Waals surface area contributed by atoms with Crippen LogP contribution in [0.2, 0.25) is 0 Å². The number of nitrogens with zero attached hydrogens (tertiary/aromatic N) is 1. The number of rotatable bonds is 4. The van der Waals surface area contributed by atoms with Crippen molar-refractivity contribution in [3.05, 3.63) is 39.8 Å². The van der Waals surface area contributed by atoms with E-state index in [4.69, 9.17) is 5.11 Å². The van der Waals surface area contributed by atoms with Gasteiger partial charge in [-0.05, 0) is 38.0 Å². The summed E-state index contributed by atoms with van der Waals surface area (Å²) in [5, 5.41) is 15.8. The molecule has 3 rings (SSSR count). The normalized spacial score (nSPS) is 30.0. The Morgan fingerprint density at radius 3 is 2.59 bits per heavy atom. The van der Waals surface area contributed by atoms with Crippen LogP contribution in [0, 0.1) is 11.3 Å². The molecule has 1 aromatic heterocycles. The molecule has 0 saturated heterocycles. The number of aromatic amines is 1. The van der Waals surface area contributed by atoms with Gasteiger partial charge in [-0.1, -0.05) is 24.8 Å². The molecule has 2 aliphatic carbocycles. The van der Waals surface area contributed by atoms with Gasteiger partial charge in [0, 0.05) is 17.0 Å². The molecule has 1 aromatic rings. The summed E-state index contributed by atoms with van der Waals surface area (Å²) in [5.41, 5.74) is 2.26. The second-order valence-electron chi connectivity index (χ2n) is 6.52. The van der Waals surface area contributed by atoms with E-state index in [1.165, 1.54) is 0 Å². The van der Waals surface area contributed by atoms with Crippen molar-refractivity contribution in [3.63, 3.8) is 0 Å². The Morgan fingerprint density at radius 1 is 1.36 bits per heavy atom. The smallest absolute Gasteiger partial charge is 0.306 e. The highest BCUT2D eigenvalue weighted by Gasteiger charge is 2.55. The van der Waals surface area contributed by atoms with Crippen LogP contribution in [0.5, 0.6) is 0 Å². The molecule has 0 atom stereocenters. The van der Waals surface area contributed by atoms with Crippen LogP contribution < -0.4 is 5.56 Å². The maximum Gasteiger partial charge on any atom is 0.306 e. The molecule has 116 valence electrons. The number of aliphatic carboxylic acids is 1. The lowest BCUT2D eigenvalue weighted by molar-refractivity contribution is -0.155. The number of hydrogen-bond donors (Lipinski definition) is 2. The number of hydrogen-bond acceptors (Lipinski definition) is 3. The molecule has 0 unspecified atom stereocenters. The molecule has 2 N–H and O–H groups in total. The average molecular weight is 300 g/mol. The summed E-state index contributed by atoms with van der Waals surface area (Å²) < 4.78 is 0. The van der Waals surface area contributed by atoms with Crippen LogP contribution >= 0.6 is 0 Å². The van der Waals surface area contributed by atoms with Crippen LogP contribution in [0.25, 0.3) is 12.2 Å². The minimum Gasteiger partial charge on any atom is -0.481 e. The summed E-state index contributed by atoms with van der Waals surface area (Å²) in [6.45, 7) is 5.62. The SMILES string of the molecule is C=Cc1c(/C=C\C)c(C2CC3(CC(C(=O)O)C3)C2)n[nH]c1=O. The van der Waals surface area contributed by atoms with E-state index in [1.54, 1.807) is 6.08 Å². The highest BCUT2D eigenvalue weighted by molar-refractivity contribution is 5.71. The zero-order valence-corrected chi connectivity index (χ0v) is 12.6. The minimum absolute atomic E-state index is 0.178. The van der Waals surface area contributed by atoms with Crippen molar-refractivity contribution in [3.8, 4) is 0 Å². The molecule has 5 heteroatoms. The van der Waals surface area contributed by atoms with Crippen molar-refractivity contribution in [2.45, 2.75) is 38.5 Å². The predicted molar refractivity (Wildman–Crippen MR) is 84.4 cm³/mol. The Bertz CT molecular complexity index is 703. The topological polar surface area (TPSA) is 83.0 Å². The molecule has 0 radical (unpaired) electrons. The van der Waals surface area contributed by atoms with Crippen molar-refractivity contribution >= 4 is 18.1 Å². The Hall–Kier alpha value is -2.17. The molecule has 2 saturated carbocycles. The summed E-state index contributed by atoms with van der Waals surface area (Å²) in [7, 11) is 0. The second-order valence-corrected chi connectivity index (χ2v) is 6.52. The van der Waals surface area contributed by atoms with Crippen molar-refractivity contribution in [2.24, 2.45) is 11.3 Å². The fourth-order valence-electron chi connectivity index (χ4n) is 4.02. The molecule has 1 spiro atoms. The van der Waals surface area contributed by atoms with Gasteiger partial charge in [-0.15, -0.1) is 0 Å². The minimum atomic E-state index is -0.681. The number of carboxylic acid groups (broad SMARTS) is 1. The van der Waals surface area contributed by atoms with E-state index < -0.39 is 5.97 Å². The summed E-state index contributed by atoms with van der Waals surface area (Å²) in [5.74, 6) is -0.570. The zero-order chi connectivity index (χ0) is 15.9. The fourth-order valence-corrected chi connectivity index (χ4v) is 4.02. The van der Waals surface area contributed by atoms with Gasteiger partial charge in [0.25, 0.3) is 5.56 Å². The third-order valence-corrected chi connectivity index (χ3v) is 5.08. The molecule has 22 heavy (non-hydrogen) atoms. The van der Waals surface area contributed by atoms with Gasteiger partial charge in [-0.3, -0.25) is 9.59 Å². The molecule has 1 heterocycles. The number of H-pyrrole nitrogens is 1. The Morgan fingerprint density at radius 2 is 2.05 bits per heavy atom. The van der Waals surface area contributed by atoms with Crippen LogP contribution in [0.3, 0.4) is 0 Å². The molecule has 2 fully saturated rings. The van der Waals surface area contributed by atoms with E-state index in [1.807, 2.05) is 19.1 Å². The quantitative estimate of drug-likeness (QED) is 0.895. The summed E-state index contributed by atoms with van der Waals surface area (Å²) >= 11 is 0. The largest absolute Gasteiger partial charge is 0.481 e. The third-order valence-electron chi connectivity index (χ3n) is 5.08. The van der Waals surface area contributed by atoms with Crippen molar-refractivity contribution in [1.82, 2.24) is 10.2 Å². The van der Waals surface area contributed by atoms with E-state index in [0.717, 1.165) is 36.9 Å². The van der Waals surface area contributed by atoms with Gasteiger partial charge in [0.2, 0.25) is 0 Å². The summed E-state index contributed by atoms with van der Waals surface area (Å²) in [6.07, 6.45) is 8.82. The van der Waals surface area contributed by atoms with Gasteiger partial charge in [0.1, 0.15) is 0 Å². The maximum atomic E-state index is 11.9. The van der Waals surface area contributed by atoms with Crippen molar-refractivity contribution in [2.75, 3.05) is 0 Å². The standard InChI is InChI=1S/C17H20N2O3/c1-3-5-13-12(4-2)15(20)19-18-14(13)10-6-17(7-10)8-11(9-17)16(21)22/h3-5,10-11H,2,6-9H2,1H3,(H,19,20)(H,21,22)/b5-3-. The molecule has 2 aliphatic rings. The van der Waals surface area contributed by atoms with Gasteiger partial charge >= 0.3 is 5.97 Å². The number of carboxylic acids is 1. The monoisotopic (exact) mass is 300 g/mol. The van der Waals surface area contributed by atoms with Crippen molar-refractivity contribution < 1.29 is 9.90 Å². The highest BCUT2D eigenvalue weighted by Crippen LogP contribution is 2.64. The van der Waals surface area contributed by atoms with Crippen LogP contribution in [-0.4, -0.2) is 21.3 Å². The number of allylic oxidation sites excluding steroid dienone is 1. The number of aromatic nitrogens is 2. The first-order chi connectivity index (χ1) is 10.5. The zero-order valence-electron chi connectivity index (χ0n) is 12.6. The molecule has 0 aliphatic heterocycles. The van der Waals surface area contributed by atoms with E-state index in [2.05, 4.69) is 16.8 Å². The fraction of sp³-hybridized carbons (Fsp3) is 0.471. The van der Waals surface area contributed by atoms with E-state index in [9.17, 15) is 9.59 Å². The van der Waals surface area contributed by atoms with Gasteiger partial charge < -0.3 is 5.11 Å². The lowest BCUT2D eigenvalue weighted by Gasteiger charge is -2.56. The van der Waals surface area contributed by atoms with Crippen LogP contribution in [-0.2, 0) is 4.79 Å². The first-order valence-corrected chi connectivity index (χ1v) is 7.60. The molecular formula is C17H20N2O3. The lowest BCUT2D eigenvalue weighted by atomic mass is 9.47. The Balaban J connectivity index is 1.82. The summed E-state index contributed by atoms with van der Waals surface area (Å²) in [4.78, 5) is 22.8. The van der Waals surface area contributed by atoms with Gasteiger partial charge in [0.15, 0.2) is 0 Å². The van der Waals surface area contributed by atoms with Crippen LogP contribution in [0.1, 0.15) is 55.3 Å². The molecule has 0 aromatic carbocycles. The van der Waals surface area contributed by atoms with Crippen molar-refractivity contribution in [1.29, 1.82) is 0 Å². The van der Waals surface area contributed by atoms with E-state index >= 15 is 0 Å².